The number of para-hydroxylation sites is 1. The normalized spacial score (nSPS) is 22.7. The maximum Gasteiger partial charge on any atom is 0.250 e. The first-order chi connectivity index (χ1) is 11.9. The number of piperazine rings is 1. The molecule has 7 nitrogen and oxygen atoms in total. The van der Waals surface area contributed by atoms with Crippen LogP contribution in [0.25, 0.3) is 5.69 Å². The zero-order chi connectivity index (χ0) is 16.2. The van der Waals surface area contributed by atoms with Gasteiger partial charge in [-0.05, 0) is 41.8 Å². The number of anilines is 1. The molecule has 2 aliphatic rings. The molecule has 128 valence electrons. The standard InChI is InChI=1S/C17H24N6O/c1-2-6-15(7-3-1)23-17(18-19-20-23)22-11-9-21(10-12-22)14-16-8-4-5-13-24-16/h1-3,6-7,16H,4-5,8-14H2/t16-/m0/s1. The molecule has 7 heteroatoms. The first kappa shape index (κ1) is 15.5. The molecule has 2 aromatic rings. The molecule has 0 amide bonds. The van der Waals surface area contributed by atoms with E-state index < -0.39 is 0 Å². The molecular formula is C17H24N6O. The predicted octanol–water partition coefficient (Wildman–Crippen LogP) is 1.35. The Kier molecular flexibility index (Phi) is 4.71. The van der Waals surface area contributed by atoms with Gasteiger partial charge >= 0.3 is 0 Å². The highest BCUT2D eigenvalue weighted by molar-refractivity contribution is 5.40. The predicted molar refractivity (Wildman–Crippen MR) is 91.4 cm³/mol. The minimum Gasteiger partial charge on any atom is -0.377 e. The van der Waals surface area contributed by atoms with Crippen LogP contribution in [0.15, 0.2) is 30.3 Å². The fourth-order valence-electron chi connectivity index (χ4n) is 3.49. The highest BCUT2D eigenvalue weighted by Gasteiger charge is 2.24. The molecule has 0 N–H and O–H groups in total. The monoisotopic (exact) mass is 328 g/mol. The van der Waals surface area contributed by atoms with E-state index in [0.717, 1.165) is 51.0 Å². The second-order valence-corrected chi connectivity index (χ2v) is 6.50. The van der Waals surface area contributed by atoms with Crippen molar-refractivity contribution in [2.24, 2.45) is 0 Å². The summed E-state index contributed by atoms with van der Waals surface area (Å²) in [6.45, 7) is 5.93. The Morgan fingerprint density at radius 2 is 1.88 bits per heavy atom. The Morgan fingerprint density at radius 1 is 1.04 bits per heavy atom. The van der Waals surface area contributed by atoms with Gasteiger partial charge in [-0.2, -0.15) is 4.68 Å². The molecule has 0 radical (unpaired) electrons. The largest absolute Gasteiger partial charge is 0.377 e. The van der Waals surface area contributed by atoms with E-state index in [4.69, 9.17) is 4.74 Å². The Labute approximate surface area is 142 Å². The molecule has 1 aromatic heterocycles. The highest BCUT2D eigenvalue weighted by Crippen LogP contribution is 2.18. The molecule has 0 spiro atoms. The third-order valence-corrected chi connectivity index (χ3v) is 4.84. The van der Waals surface area contributed by atoms with Crippen LogP contribution in [0.4, 0.5) is 5.95 Å². The molecule has 0 bridgehead atoms. The minimum absolute atomic E-state index is 0.417. The average Bonchev–Trinajstić information content (AvgIpc) is 3.14. The number of benzene rings is 1. The lowest BCUT2D eigenvalue weighted by atomic mass is 10.1. The molecule has 0 saturated carbocycles. The summed E-state index contributed by atoms with van der Waals surface area (Å²) in [7, 11) is 0. The van der Waals surface area contributed by atoms with E-state index in [1.807, 2.05) is 35.0 Å². The van der Waals surface area contributed by atoms with Crippen molar-refractivity contribution in [2.45, 2.75) is 25.4 Å². The molecule has 0 unspecified atom stereocenters. The third-order valence-electron chi connectivity index (χ3n) is 4.84. The topological polar surface area (TPSA) is 59.3 Å². The van der Waals surface area contributed by atoms with Crippen LogP contribution in [-0.2, 0) is 4.74 Å². The van der Waals surface area contributed by atoms with Gasteiger partial charge in [-0.25, -0.2) is 0 Å². The van der Waals surface area contributed by atoms with Crippen LogP contribution in [0, 0.1) is 0 Å². The van der Waals surface area contributed by atoms with Gasteiger partial charge in [0.2, 0.25) is 5.95 Å². The lowest BCUT2D eigenvalue weighted by molar-refractivity contribution is -0.00649. The van der Waals surface area contributed by atoms with Crippen LogP contribution in [0.5, 0.6) is 0 Å². The molecule has 1 aromatic carbocycles. The number of ether oxygens (including phenoxy) is 1. The van der Waals surface area contributed by atoms with Crippen molar-refractivity contribution in [2.75, 3.05) is 44.2 Å². The van der Waals surface area contributed by atoms with Crippen LogP contribution in [0.1, 0.15) is 19.3 Å². The van der Waals surface area contributed by atoms with Gasteiger partial charge in [0.15, 0.2) is 0 Å². The van der Waals surface area contributed by atoms with Crippen molar-refractivity contribution in [3.05, 3.63) is 30.3 Å². The van der Waals surface area contributed by atoms with E-state index in [1.54, 1.807) is 0 Å². The average molecular weight is 328 g/mol. The van der Waals surface area contributed by atoms with Gasteiger partial charge in [0, 0.05) is 39.3 Å². The SMILES string of the molecule is c1ccc(-n2nnnc2N2CCN(C[C@@H]3CCCCO3)CC2)cc1. The number of rotatable bonds is 4. The molecular weight excluding hydrogens is 304 g/mol. The lowest BCUT2D eigenvalue weighted by Gasteiger charge is -2.37. The summed E-state index contributed by atoms with van der Waals surface area (Å²) in [5.74, 6) is 0.828. The van der Waals surface area contributed by atoms with Crippen LogP contribution < -0.4 is 4.90 Å². The van der Waals surface area contributed by atoms with Crippen molar-refractivity contribution >= 4 is 5.95 Å². The van der Waals surface area contributed by atoms with Gasteiger partial charge < -0.3 is 9.64 Å². The fourth-order valence-corrected chi connectivity index (χ4v) is 3.49. The van der Waals surface area contributed by atoms with Crippen molar-refractivity contribution in [3.8, 4) is 5.69 Å². The number of tetrazole rings is 1. The van der Waals surface area contributed by atoms with Crippen molar-refractivity contribution in [1.82, 2.24) is 25.1 Å². The number of hydrogen-bond donors (Lipinski definition) is 0. The van der Waals surface area contributed by atoms with Crippen LogP contribution in [0.3, 0.4) is 0 Å². The molecule has 1 atom stereocenters. The van der Waals surface area contributed by atoms with Crippen LogP contribution in [0.2, 0.25) is 0 Å². The first-order valence-electron chi connectivity index (χ1n) is 8.83. The lowest BCUT2D eigenvalue weighted by Crippen LogP contribution is -2.49. The van der Waals surface area contributed by atoms with E-state index in [9.17, 15) is 0 Å². The first-order valence-corrected chi connectivity index (χ1v) is 8.83. The molecule has 2 aliphatic heterocycles. The third kappa shape index (κ3) is 3.42. The van der Waals surface area contributed by atoms with Crippen LogP contribution in [-0.4, -0.2) is 70.5 Å². The molecule has 24 heavy (non-hydrogen) atoms. The van der Waals surface area contributed by atoms with Gasteiger partial charge in [-0.1, -0.05) is 23.3 Å². The van der Waals surface area contributed by atoms with E-state index in [-0.39, 0.29) is 0 Å². The zero-order valence-corrected chi connectivity index (χ0v) is 13.9. The highest BCUT2D eigenvalue weighted by atomic mass is 16.5. The van der Waals surface area contributed by atoms with Gasteiger partial charge in [0.25, 0.3) is 0 Å². The maximum absolute atomic E-state index is 5.86. The summed E-state index contributed by atoms with van der Waals surface area (Å²) in [6.07, 6.45) is 4.13. The summed E-state index contributed by atoms with van der Waals surface area (Å²) in [5.41, 5.74) is 0.996. The summed E-state index contributed by atoms with van der Waals surface area (Å²) < 4.78 is 7.68. The van der Waals surface area contributed by atoms with E-state index in [0.29, 0.717) is 6.10 Å². The van der Waals surface area contributed by atoms with Gasteiger partial charge in [0.1, 0.15) is 0 Å². The van der Waals surface area contributed by atoms with Gasteiger partial charge in [-0.15, -0.1) is 0 Å². The second-order valence-electron chi connectivity index (χ2n) is 6.50. The van der Waals surface area contributed by atoms with Gasteiger partial charge in [-0.3, -0.25) is 4.90 Å². The Morgan fingerprint density at radius 3 is 2.62 bits per heavy atom. The Balaban J connectivity index is 1.37. The number of nitrogens with zero attached hydrogens (tertiary/aromatic N) is 6. The Bertz CT molecular complexity index is 632. The maximum atomic E-state index is 5.86. The molecule has 3 heterocycles. The zero-order valence-electron chi connectivity index (χ0n) is 13.9. The van der Waals surface area contributed by atoms with Crippen molar-refractivity contribution < 1.29 is 4.74 Å². The van der Waals surface area contributed by atoms with E-state index in [2.05, 4.69) is 25.3 Å². The molecule has 4 rings (SSSR count). The molecule has 2 saturated heterocycles. The summed E-state index contributed by atoms with van der Waals surface area (Å²) in [6, 6.07) is 10.1. The number of aromatic nitrogens is 4. The van der Waals surface area contributed by atoms with Crippen molar-refractivity contribution in [1.29, 1.82) is 0 Å². The summed E-state index contributed by atoms with van der Waals surface area (Å²) in [4.78, 5) is 4.77. The van der Waals surface area contributed by atoms with E-state index >= 15 is 0 Å². The summed E-state index contributed by atoms with van der Waals surface area (Å²) >= 11 is 0. The molecule has 0 aliphatic carbocycles. The molecule has 2 fully saturated rings. The van der Waals surface area contributed by atoms with Crippen LogP contribution >= 0.6 is 0 Å². The minimum atomic E-state index is 0.417. The van der Waals surface area contributed by atoms with E-state index in [1.165, 1.54) is 19.3 Å². The number of hydrogen-bond acceptors (Lipinski definition) is 6. The second kappa shape index (κ2) is 7.27. The van der Waals surface area contributed by atoms with Gasteiger partial charge in [0.05, 0.1) is 11.8 Å². The quantitative estimate of drug-likeness (QED) is 0.844. The Hall–Kier alpha value is -1.99. The summed E-state index contributed by atoms with van der Waals surface area (Å²) in [5, 5.41) is 12.3. The van der Waals surface area contributed by atoms with Crippen molar-refractivity contribution in [3.63, 3.8) is 0 Å². The fraction of sp³-hybridized carbons (Fsp3) is 0.588. The smallest absolute Gasteiger partial charge is 0.250 e.